The van der Waals surface area contributed by atoms with Crippen LogP contribution in [0.5, 0.6) is 0 Å². The van der Waals surface area contributed by atoms with Crippen LogP contribution in [0, 0.1) is 36.0 Å². The van der Waals surface area contributed by atoms with Crippen LogP contribution in [0.15, 0.2) is 18.2 Å². The molecule has 4 aliphatic rings. The van der Waals surface area contributed by atoms with Crippen molar-refractivity contribution in [3.8, 4) is 0 Å². The number of piperidine rings is 1. The van der Waals surface area contributed by atoms with Gasteiger partial charge in [0.2, 0.25) is 11.8 Å². The molecule has 1 unspecified atom stereocenters. The number of hydrogen-bond donors (Lipinski definition) is 4. The molecule has 2 saturated heterocycles. The molecule has 2 saturated carbocycles. The number of rotatable bonds is 10. The molecule has 2 aromatic rings. The second kappa shape index (κ2) is 16.8. The number of aromatic amines is 1. The first-order chi connectivity index (χ1) is 26.0. The number of amides is 4. The van der Waals surface area contributed by atoms with Gasteiger partial charge in [-0.15, -0.1) is 0 Å². The van der Waals surface area contributed by atoms with Gasteiger partial charge in [-0.25, -0.2) is 13.9 Å². The second-order valence-electron chi connectivity index (χ2n) is 17.4. The van der Waals surface area contributed by atoms with Crippen LogP contribution in [0.25, 0.3) is 10.9 Å². The third kappa shape index (κ3) is 9.13. The molecule has 3 heterocycles. The SMILES string of the molecule is Cc1c(C(=O)NS(=O)(=O)N2CCCCC2)[nH]c2ccc(NC(=O)[C@@H]3[C@H](C4CCCCC4)CCN3C(=O)C3CCC([C@H](OC(N)=O)C(F)C(C)(C)C)CC3)cc12. The number of halogens is 1. The molecule has 13 nitrogen and oxygen atoms in total. The number of carbonyl (C=O) groups excluding carboxylic acids is 4. The standard InChI is InChI=1S/C40H59FN6O7S/c1-24-30-23-28(17-18-31(30)44-32(24)36(48)45-55(52,53)46-20-9-6-10-21-46)43-37(49)33-29(25-11-7-5-8-12-25)19-22-47(33)38(50)27-15-13-26(14-16-27)34(54-39(42)51)35(41)40(2,3)4/h17-18,23,25-27,29,33-35,44H,5-16,19-22H2,1-4H3,(H2,42,51)(H,43,49)(H,45,48)/t26?,27?,29-,33-,34-,35?/m0/s1. The number of likely N-dealkylation sites (tertiary alicyclic amines) is 1. The Morgan fingerprint density at radius 2 is 1.58 bits per heavy atom. The van der Waals surface area contributed by atoms with Crippen molar-refractivity contribution in [2.45, 2.75) is 129 Å². The number of hydrogen-bond acceptors (Lipinski definition) is 7. The summed E-state index contributed by atoms with van der Waals surface area (Å²) >= 11 is 0. The first-order valence-corrected chi connectivity index (χ1v) is 21.6. The molecule has 4 fully saturated rings. The fourth-order valence-corrected chi connectivity index (χ4v) is 10.8. The fraction of sp³-hybridized carbons (Fsp3) is 0.700. The van der Waals surface area contributed by atoms with E-state index >= 15 is 4.39 Å². The molecule has 1 aromatic carbocycles. The molecule has 4 atom stereocenters. The van der Waals surface area contributed by atoms with Gasteiger partial charge in [0.15, 0.2) is 0 Å². The predicted octanol–water partition coefficient (Wildman–Crippen LogP) is 6.33. The summed E-state index contributed by atoms with van der Waals surface area (Å²) in [7, 11) is -3.99. The van der Waals surface area contributed by atoms with Crippen LogP contribution in [-0.2, 0) is 24.5 Å². The number of ether oxygens (including phenoxy) is 1. The highest BCUT2D eigenvalue weighted by Crippen LogP contribution is 2.43. The minimum absolute atomic E-state index is 0.0166. The van der Waals surface area contributed by atoms with Crippen LogP contribution in [-0.4, -0.2) is 84.4 Å². The van der Waals surface area contributed by atoms with E-state index in [0.29, 0.717) is 73.4 Å². The zero-order valence-corrected chi connectivity index (χ0v) is 33.5. The lowest BCUT2D eigenvalue weighted by Crippen LogP contribution is -2.50. The quantitative estimate of drug-likeness (QED) is 0.217. The van der Waals surface area contributed by atoms with Gasteiger partial charge in [0, 0.05) is 42.1 Å². The van der Waals surface area contributed by atoms with E-state index in [1.165, 1.54) is 10.7 Å². The van der Waals surface area contributed by atoms with E-state index in [1.54, 1.807) is 50.8 Å². The average Bonchev–Trinajstić information content (AvgIpc) is 3.75. The second-order valence-corrected chi connectivity index (χ2v) is 19.0. The first kappa shape index (κ1) is 40.9. The fourth-order valence-electron chi connectivity index (χ4n) is 9.59. The predicted molar refractivity (Wildman–Crippen MR) is 208 cm³/mol. The largest absolute Gasteiger partial charge is 0.443 e. The van der Waals surface area contributed by atoms with Gasteiger partial charge in [-0.05, 0) is 98.8 Å². The zero-order valence-electron chi connectivity index (χ0n) is 32.7. The molecule has 0 radical (unpaired) electrons. The van der Waals surface area contributed by atoms with Gasteiger partial charge in [-0.3, -0.25) is 14.4 Å². The summed E-state index contributed by atoms with van der Waals surface area (Å²) in [5.74, 6) is -1.32. The van der Waals surface area contributed by atoms with Crippen molar-refractivity contribution < 1.29 is 36.7 Å². The average molecular weight is 787 g/mol. The molecular formula is C40H59FN6O7S. The Morgan fingerprint density at radius 1 is 0.927 bits per heavy atom. The number of fused-ring (bicyclic) bond motifs is 1. The van der Waals surface area contributed by atoms with Crippen molar-refractivity contribution in [2.75, 3.05) is 25.0 Å². The Bertz CT molecular complexity index is 1840. The van der Waals surface area contributed by atoms with Crippen LogP contribution >= 0.6 is 0 Å². The minimum Gasteiger partial charge on any atom is -0.443 e. The molecule has 2 aliphatic heterocycles. The van der Waals surface area contributed by atoms with Crippen LogP contribution in [0.2, 0.25) is 0 Å². The molecule has 55 heavy (non-hydrogen) atoms. The number of nitrogens with one attached hydrogen (secondary N) is 3. The van der Waals surface area contributed by atoms with Crippen molar-refractivity contribution >= 4 is 50.6 Å². The number of aryl methyl sites for hydroxylation is 1. The van der Waals surface area contributed by atoms with Crippen LogP contribution < -0.4 is 15.8 Å². The van der Waals surface area contributed by atoms with Gasteiger partial charge in [0.05, 0.1) is 0 Å². The lowest BCUT2D eigenvalue weighted by atomic mass is 9.74. The van der Waals surface area contributed by atoms with Crippen molar-refractivity contribution in [3.63, 3.8) is 0 Å². The van der Waals surface area contributed by atoms with Crippen molar-refractivity contribution in [1.82, 2.24) is 18.9 Å². The number of H-pyrrole nitrogens is 1. The zero-order chi connectivity index (χ0) is 39.7. The normalized spacial score (nSPS) is 25.7. The number of carbonyl (C=O) groups is 4. The van der Waals surface area contributed by atoms with Gasteiger partial charge in [0.25, 0.3) is 5.91 Å². The van der Waals surface area contributed by atoms with E-state index in [4.69, 9.17) is 10.5 Å². The highest BCUT2D eigenvalue weighted by Gasteiger charge is 2.48. The highest BCUT2D eigenvalue weighted by molar-refractivity contribution is 7.87. The molecule has 1 aromatic heterocycles. The smallest absolute Gasteiger partial charge is 0.404 e. The van der Waals surface area contributed by atoms with Crippen molar-refractivity contribution in [3.05, 3.63) is 29.5 Å². The summed E-state index contributed by atoms with van der Waals surface area (Å²) in [6.07, 6.45) is 7.19. The summed E-state index contributed by atoms with van der Waals surface area (Å²) in [6.45, 7) is 8.23. The summed E-state index contributed by atoms with van der Waals surface area (Å²) in [6, 6.07) is 4.60. The number of primary amides is 1. The van der Waals surface area contributed by atoms with Crippen molar-refractivity contribution in [1.29, 1.82) is 0 Å². The third-order valence-corrected chi connectivity index (χ3v) is 14.1. The number of aromatic nitrogens is 1. The Balaban J connectivity index is 1.17. The van der Waals surface area contributed by atoms with Gasteiger partial charge in [-0.2, -0.15) is 12.7 Å². The van der Waals surface area contributed by atoms with Gasteiger partial charge >= 0.3 is 16.3 Å². The van der Waals surface area contributed by atoms with Crippen molar-refractivity contribution in [2.24, 2.45) is 34.8 Å². The summed E-state index contributed by atoms with van der Waals surface area (Å²) in [5.41, 5.74) is 6.39. The molecule has 15 heteroatoms. The molecule has 6 rings (SSSR count). The van der Waals surface area contributed by atoms with Crippen LogP contribution in [0.1, 0.15) is 120 Å². The Labute approximate surface area is 324 Å². The number of nitrogens with two attached hydrogens (primary N) is 1. The Hall–Kier alpha value is -3.72. The highest BCUT2D eigenvalue weighted by atomic mass is 32.2. The molecule has 2 aliphatic carbocycles. The van der Waals surface area contributed by atoms with Gasteiger partial charge < -0.3 is 25.7 Å². The number of anilines is 1. The van der Waals surface area contributed by atoms with E-state index in [9.17, 15) is 27.6 Å². The third-order valence-electron chi connectivity index (χ3n) is 12.6. The number of nitrogens with zero attached hydrogens (tertiary/aromatic N) is 2. The lowest BCUT2D eigenvalue weighted by molar-refractivity contribution is -0.143. The number of benzene rings is 1. The van der Waals surface area contributed by atoms with Crippen LogP contribution in [0.4, 0.5) is 14.9 Å². The van der Waals surface area contributed by atoms with E-state index in [1.807, 2.05) is 0 Å². The molecule has 4 amide bonds. The van der Waals surface area contributed by atoms with Crippen LogP contribution in [0.3, 0.4) is 0 Å². The summed E-state index contributed by atoms with van der Waals surface area (Å²) < 4.78 is 50.2. The molecule has 304 valence electrons. The van der Waals surface area contributed by atoms with E-state index < -0.39 is 45.9 Å². The lowest BCUT2D eigenvalue weighted by Gasteiger charge is -2.39. The minimum atomic E-state index is -3.99. The van der Waals surface area contributed by atoms with E-state index in [0.717, 1.165) is 51.4 Å². The first-order valence-electron chi connectivity index (χ1n) is 20.2. The summed E-state index contributed by atoms with van der Waals surface area (Å²) in [5, 5.41) is 3.76. The summed E-state index contributed by atoms with van der Waals surface area (Å²) in [4.78, 5) is 58.4. The Morgan fingerprint density at radius 3 is 2.22 bits per heavy atom. The van der Waals surface area contributed by atoms with E-state index in [2.05, 4.69) is 15.0 Å². The Kier molecular flexibility index (Phi) is 12.5. The van der Waals surface area contributed by atoms with Gasteiger partial charge in [0.1, 0.15) is 24.0 Å². The van der Waals surface area contributed by atoms with E-state index in [-0.39, 0.29) is 35.3 Å². The molecule has 5 N–H and O–H groups in total. The van der Waals surface area contributed by atoms with Gasteiger partial charge in [-0.1, -0.05) is 59.3 Å². The maximum atomic E-state index is 15.5. The number of alkyl halides is 1. The topological polar surface area (TPSA) is 184 Å². The molecule has 0 spiro atoms. The monoisotopic (exact) mass is 786 g/mol. The molecule has 0 bridgehead atoms. The maximum absolute atomic E-state index is 15.5. The maximum Gasteiger partial charge on any atom is 0.404 e. The molecular weight excluding hydrogens is 728 g/mol.